The summed E-state index contributed by atoms with van der Waals surface area (Å²) in [5.41, 5.74) is 6.25. The van der Waals surface area contributed by atoms with E-state index in [1.54, 1.807) is 0 Å². The van der Waals surface area contributed by atoms with Crippen molar-refractivity contribution in [1.29, 1.82) is 0 Å². The van der Waals surface area contributed by atoms with Gasteiger partial charge in [-0.1, -0.05) is 31.2 Å². The van der Waals surface area contributed by atoms with Crippen LogP contribution in [0, 0.1) is 0 Å². The highest BCUT2D eigenvalue weighted by Gasteiger charge is 2.05. The molecule has 1 heterocycles. The molecule has 27 heavy (non-hydrogen) atoms. The van der Waals surface area contributed by atoms with Gasteiger partial charge in [0.05, 0.1) is 11.0 Å². The normalized spacial score (nSPS) is 10.7. The van der Waals surface area contributed by atoms with Gasteiger partial charge in [0.1, 0.15) is 5.82 Å². The van der Waals surface area contributed by atoms with Crippen LogP contribution >= 0.6 is 12.2 Å². The van der Waals surface area contributed by atoms with Gasteiger partial charge in [0.2, 0.25) is 0 Å². The molecule has 0 saturated carbocycles. The molecule has 0 saturated heterocycles. The second-order valence-electron chi connectivity index (χ2n) is 6.31. The first-order chi connectivity index (χ1) is 13.2. The van der Waals surface area contributed by atoms with Gasteiger partial charge in [-0.3, -0.25) is 0 Å². The van der Waals surface area contributed by atoms with Crippen LogP contribution in [0.15, 0.2) is 72.8 Å². The number of aromatic nitrogens is 2. The van der Waals surface area contributed by atoms with E-state index in [0.29, 0.717) is 5.11 Å². The number of imidazole rings is 1. The van der Waals surface area contributed by atoms with Crippen LogP contribution in [0.5, 0.6) is 0 Å². The summed E-state index contributed by atoms with van der Waals surface area (Å²) >= 11 is 5.41. The van der Waals surface area contributed by atoms with Crippen LogP contribution in [0.4, 0.5) is 11.4 Å². The zero-order valence-corrected chi connectivity index (χ0v) is 15.8. The predicted molar refractivity (Wildman–Crippen MR) is 117 cm³/mol. The first kappa shape index (κ1) is 17.2. The molecule has 4 nitrogen and oxygen atoms in total. The van der Waals surface area contributed by atoms with Gasteiger partial charge in [0.15, 0.2) is 5.11 Å². The molecule has 5 heteroatoms. The molecule has 0 amide bonds. The highest BCUT2D eigenvalue weighted by Crippen LogP contribution is 2.22. The Balaban J connectivity index is 1.43. The van der Waals surface area contributed by atoms with Crippen molar-refractivity contribution in [3.63, 3.8) is 0 Å². The molecule has 0 spiro atoms. The zero-order valence-electron chi connectivity index (χ0n) is 15.0. The van der Waals surface area contributed by atoms with E-state index in [-0.39, 0.29) is 0 Å². The van der Waals surface area contributed by atoms with E-state index in [0.717, 1.165) is 40.2 Å². The van der Waals surface area contributed by atoms with Crippen molar-refractivity contribution in [1.82, 2.24) is 9.97 Å². The molecule has 0 radical (unpaired) electrons. The number of aryl methyl sites for hydroxylation is 1. The lowest BCUT2D eigenvalue weighted by atomic mass is 10.1. The molecule has 1 aromatic heterocycles. The van der Waals surface area contributed by atoms with Crippen LogP contribution in [-0.2, 0) is 6.42 Å². The summed E-state index contributed by atoms with van der Waals surface area (Å²) in [5.74, 6) is 0.861. The number of para-hydroxylation sites is 2. The maximum Gasteiger partial charge on any atom is 0.175 e. The average Bonchev–Trinajstić information content (AvgIpc) is 3.13. The minimum Gasteiger partial charge on any atom is -0.338 e. The van der Waals surface area contributed by atoms with E-state index in [1.807, 2.05) is 60.7 Å². The smallest absolute Gasteiger partial charge is 0.175 e. The molecule has 134 valence electrons. The highest BCUT2D eigenvalue weighted by atomic mass is 32.1. The van der Waals surface area contributed by atoms with Crippen LogP contribution in [0.2, 0.25) is 0 Å². The van der Waals surface area contributed by atoms with Crippen molar-refractivity contribution in [3.8, 4) is 11.4 Å². The molecule has 3 aromatic carbocycles. The summed E-state index contributed by atoms with van der Waals surface area (Å²) in [6, 6.07) is 24.4. The fraction of sp³-hybridized carbons (Fsp3) is 0.0909. The number of fused-ring (bicyclic) bond motifs is 1. The minimum atomic E-state index is 0.565. The topological polar surface area (TPSA) is 52.7 Å². The van der Waals surface area contributed by atoms with Crippen molar-refractivity contribution < 1.29 is 0 Å². The van der Waals surface area contributed by atoms with Crippen molar-refractivity contribution in [3.05, 3.63) is 78.4 Å². The van der Waals surface area contributed by atoms with E-state index < -0.39 is 0 Å². The number of rotatable bonds is 4. The Hall–Kier alpha value is -3.18. The number of nitrogens with one attached hydrogen (secondary N) is 3. The van der Waals surface area contributed by atoms with Crippen molar-refractivity contribution in [2.24, 2.45) is 0 Å². The van der Waals surface area contributed by atoms with E-state index in [2.05, 4.69) is 39.7 Å². The molecule has 4 rings (SSSR count). The van der Waals surface area contributed by atoms with Gasteiger partial charge in [0, 0.05) is 16.9 Å². The summed E-state index contributed by atoms with van der Waals surface area (Å²) in [7, 11) is 0. The summed E-state index contributed by atoms with van der Waals surface area (Å²) in [6.07, 6.45) is 1.03. The second kappa shape index (κ2) is 7.60. The summed E-state index contributed by atoms with van der Waals surface area (Å²) in [5, 5.41) is 6.99. The fourth-order valence-corrected chi connectivity index (χ4v) is 3.15. The molecular formula is C22H20N4S. The Labute approximate surface area is 163 Å². The molecule has 3 N–H and O–H groups in total. The first-order valence-corrected chi connectivity index (χ1v) is 9.34. The van der Waals surface area contributed by atoms with Crippen molar-refractivity contribution in [2.45, 2.75) is 13.3 Å². The van der Waals surface area contributed by atoms with Gasteiger partial charge < -0.3 is 15.6 Å². The quantitative estimate of drug-likeness (QED) is 0.408. The number of nitrogens with zero attached hydrogens (tertiary/aromatic N) is 1. The Bertz CT molecular complexity index is 1030. The van der Waals surface area contributed by atoms with Crippen LogP contribution in [-0.4, -0.2) is 15.1 Å². The second-order valence-corrected chi connectivity index (χ2v) is 6.72. The molecule has 0 aliphatic rings. The van der Waals surface area contributed by atoms with E-state index in [4.69, 9.17) is 12.2 Å². The van der Waals surface area contributed by atoms with Crippen molar-refractivity contribution in [2.75, 3.05) is 10.6 Å². The molecule has 0 atom stereocenters. The van der Waals surface area contributed by atoms with E-state index in [1.165, 1.54) is 5.56 Å². The number of hydrogen-bond acceptors (Lipinski definition) is 2. The van der Waals surface area contributed by atoms with Crippen LogP contribution in [0.1, 0.15) is 12.5 Å². The molecule has 0 bridgehead atoms. The van der Waals surface area contributed by atoms with Crippen LogP contribution < -0.4 is 10.6 Å². The van der Waals surface area contributed by atoms with Gasteiger partial charge in [-0.2, -0.15) is 0 Å². The SMILES string of the molecule is CCc1ccc(NC(=S)Nc2ccc(-c3nc4ccccc4[nH]3)cc2)cc1. The van der Waals surface area contributed by atoms with Crippen molar-refractivity contribution >= 4 is 39.7 Å². The first-order valence-electron chi connectivity index (χ1n) is 8.93. The molecule has 0 fully saturated rings. The molecule has 0 unspecified atom stereocenters. The summed E-state index contributed by atoms with van der Waals surface area (Å²) < 4.78 is 0. The lowest BCUT2D eigenvalue weighted by molar-refractivity contribution is 1.14. The van der Waals surface area contributed by atoms with E-state index >= 15 is 0 Å². The van der Waals surface area contributed by atoms with E-state index in [9.17, 15) is 0 Å². The Kier molecular flexibility index (Phi) is 4.85. The Morgan fingerprint density at radius 1 is 0.889 bits per heavy atom. The van der Waals surface area contributed by atoms with Gasteiger partial charge in [0.25, 0.3) is 0 Å². The van der Waals surface area contributed by atoms with Gasteiger partial charge in [-0.15, -0.1) is 0 Å². The Morgan fingerprint density at radius 3 is 2.15 bits per heavy atom. The summed E-state index contributed by atoms with van der Waals surface area (Å²) in [6.45, 7) is 2.14. The summed E-state index contributed by atoms with van der Waals surface area (Å²) in [4.78, 5) is 7.97. The largest absolute Gasteiger partial charge is 0.338 e. The predicted octanol–water partition coefficient (Wildman–Crippen LogP) is 5.60. The zero-order chi connectivity index (χ0) is 18.6. The Morgan fingerprint density at radius 2 is 1.52 bits per heavy atom. The van der Waals surface area contributed by atoms with Crippen LogP contribution in [0.25, 0.3) is 22.4 Å². The van der Waals surface area contributed by atoms with Crippen LogP contribution in [0.3, 0.4) is 0 Å². The third-order valence-corrected chi connectivity index (χ3v) is 4.63. The lowest BCUT2D eigenvalue weighted by Gasteiger charge is -2.11. The standard InChI is InChI=1S/C22H20N4S/c1-2-15-7-11-17(12-8-15)23-22(27)24-18-13-9-16(10-14-18)21-25-19-5-3-4-6-20(19)26-21/h3-14H,2H2,1H3,(H,25,26)(H2,23,24,27). The third-order valence-electron chi connectivity index (χ3n) is 4.43. The third kappa shape index (κ3) is 3.99. The average molecular weight is 372 g/mol. The molecular weight excluding hydrogens is 352 g/mol. The maximum absolute atomic E-state index is 5.41. The number of hydrogen-bond donors (Lipinski definition) is 3. The number of anilines is 2. The number of H-pyrrole nitrogens is 1. The number of aromatic amines is 1. The molecule has 0 aliphatic carbocycles. The highest BCUT2D eigenvalue weighted by molar-refractivity contribution is 7.80. The molecule has 4 aromatic rings. The molecule has 0 aliphatic heterocycles. The minimum absolute atomic E-state index is 0.565. The van der Waals surface area contributed by atoms with Gasteiger partial charge in [-0.25, -0.2) is 4.98 Å². The number of benzene rings is 3. The van der Waals surface area contributed by atoms with Gasteiger partial charge >= 0.3 is 0 Å². The van der Waals surface area contributed by atoms with Gasteiger partial charge in [-0.05, 0) is 72.7 Å². The fourth-order valence-electron chi connectivity index (χ4n) is 2.92. The lowest BCUT2D eigenvalue weighted by Crippen LogP contribution is -2.18. The monoisotopic (exact) mass is 372 g/mol. The number of thiocarbonyl (C=S) groups is 1. The maximum atomic E-state index is 5.41.